The lowest BCUT2D eigenvalue weighted by Gasteiger charge is -2.18. The van der Waals surface area contributed by atoms with Crippen molar-refractivity contribution in [3.05, 3.63) is 0 Å². The lowest BCUT2D eigenvalue weighted by atomic mass is 10.2. The first-order chi connectivity index (χ1) is 7.41. The van der Waals surface area contributed by atoms with Gasteiger partial charge in [0.1, 0.15) is 0 Å². The number of nitrogens with one attached hydrogen (secondary N) is 1. The molecule has 0 aliphatic carbocycles. The quantitative estimate of drug-likeness (QED) is 0.636. The fraction of sp³-hybridized carbons (Fsp3) is 1.00. The molecule has 0 heterocycles. The van der Waals surface area contributed by atoms with Crippen LogP contribution in [0.4, 0.5) is 0 Å². The Morgan fingerprint density at radius 1 is 1.25 bits per heavy atom. The van der Waals surface area contributed by atoms with E-state index in [-0.39, 0.29) is 30.1 Å². The molecular formula is C11H25NO3S. The molecule has 0 aromatic heterocycles. The van der Waals surface area contributed by atoms with Gasteiger partial charge < -0.3 is 10.4 Å². The number of hydrogen-bond donors (Lipinski definition) is 2. The summed E-state index contributed by atoms with van der Waals surface area (Å²) < 4.78 is 23.5. The van der Waals surface area contributed by atoms with Crippen LogP contribution in [0.1, 0.15) is 33.6 Å². The fourth-order valence-electron chi connectivity index (χ4n) is 1.63. The Bertz CT molecular complexity index is 262. The van der Waals surface area contributed by atoms with E-state index in [0.29, 0.717) is 6.42 Å². The molecule has 0 radical (unpaired) electrons. The molecule has 0 aromatic rings. The largest absolute Gasteiger partial charge is 0.396 e. The molecule has 0 rings (SSSR count). The summed E-state index contributed by atoms with van der Waals surface area (Å²) in [5.74, 6) is 0.514. The second kappa shape index (κ2) is 8.03. The van der Waals surface area contributed by atoms with Crippen LogP contribution in [0.15, 0.2) is 0 Å². The molecule has 0 spiro atoms. The average molecular weight is 251 g/mol. The summed E-state index contributed by atoms with van der Waals surface area (Å²) in [6.07, 6.45) is 1.46. The normalized spacial score (nSPS) is 14.3. The first kappa shape index (κ1) is 15.9. The van der Waals surface area contributed by atoms with Crippen molar-refractivity contribution in [3.63, 3.8) is 0 Å². The van der Waals surface area contributed by atoms with Crippen LogP contribution in [0, 0.1) is 5.92 Å². The van der Waals surface area contributed by atoms with Crippen molar-refractivity contribution in [2.24, 2.45) is 5.92 Å². The highest BCUT2D eigenvalue weighted by atomic mass is 32.2. The van der Waals surface area contributed by atoms with E-state index in [1.165, 1.54) is 0 Å². The minimum absolute atomic E-state index is 0.0264. The van der Waals surface area contributed by atoms with Crippen LogP contribution in [0.2, 0.25) is 0 Å². The smallest absolute Gasteiger partial charge is 0.152 e. The van der Waals surface area contributed by atoms with E-state index in [1.54, 1.807) is 0 Å². The molecule has 4 nitrogen and oxygen atoms in total. The topological polar surface area (TPSA) is 66.4 Å². The van der Waals surface area contributed by atoms with Crippen LogP contribution >= 0.6 is 0 Å². The van der Waals surface area contributed by atoms with Gasteiger partial charge in [-0.1, -0.05) is 20.8 Å². The summed E-state index contributed by atoms with van der Waals surface area (Å²) in [4.78, 5) is 0. The maximum atomic E-state index is 11.8. The zero-order valence-corrected chi connectivity index (χ0v) is 11.4. The minimum atomic E-state index is -3.01. The van der Waals surface area contributed by atoms with Crippen LogP contribution in [0.25, 0.3) is 0 Å². The second-order valence-corrected chi connectivity index (χ2v) is 6.79. The van der Waals surface area contributed by atoms with Crippen LogP contribution < -0.4 is 5.32 Å². The molecule has 2 N–H and O–H groups in total. The number of rotatable bonds is 9. The fourth-order valence-corrected chi connectivity index (χ4v) is 3.68. The molecule has 16 heavy (non-hydrogen) atoms. The second-order valence-electron chi connectivity index (χ2n) is 4.63. The summed E-state index contributed by atoms with van der Waals surface area (Å²) >= 11 is 0. The molecule has 0 saturated heterocycles. The van der Waals surface area contributed by atoms with Crippen molar-refractivity contribution < 1.29 is 13.5 Å². The Hall–Kier alpha value is -0.130. The van der Waals surface area contributed by atoms with Gasteiger partial charge in [-0.2, -0.15) is 0 Å². The Morgan fingerprint density at radius 2 is 1.88 bits per heavy atom. The number of sulfone groups is 1. The first-order valence-electron chi connectivity index (χ1n) is 5.96. The van der Waals surface area contributed by atoms with Gasteiger partial charge in [-0.15, -0.1) is 0 Å². The predicted octanol–water partition coefficient (Wildman–Crippen LogP) is 0.808. The Kier molecular flexibility index (Phi) is 7.97. The van der Waals surface area contributed by atoms with Crippen LogP contribution in [-0.4, -0.2) is 44.2 Å². The summed E-state index contributed by atoms with van der Waals surface area (Å²) in [5.41, 5.74) is 0. The third-order valence-electron chi connectivity index (χ3n) is 2.20. The highest BCUT2D eigenvalue weighted by Crippen LogP contribution is 2.05. The lowest BCUT2D eigenvalue weighted by Crippen LogP contribution is -2.38. The molecule has 1 unspecified atom stereocenters. The minimum Gasteiger partial charge on any atom is -0.396 e. The van der Waals surface area contributed by atoms with Gasteiger partial charge in [0.05, 0.1) is 11.5 Å². The van der Waals surface area contributed by atoms with Gasteiger partial charge in [0.25, 0.3) is 0 Å². The van der Waals surface area contributed by atoms with Gasteiger partial charge in [-0.05, 0) is 25.3 Å². The molecule has 98 valence electrons. The summed E-state index contributed by atoms with van der Waals surface area (Å²) in [7, 11) is -3.01. The SMILES string of the molecule is CCCNC(CCO)CS(=O)(=O)CC(C)C. The van der Waals surface area contributed by atoms with Gasteiger partial charge in [-0.3, -0.25) is 0 Å². The third-order valence-corrected chi connectivity index (χ3v) is 4.29. The number of hydrogen-bond acceptors (Lipinski definition) is 4. The van der Waals surface area contributed by atoms with Gasteiger partial charge in [0, 0.05) is 12.6 Å². The Labute approximate surface area is 99.4 Å². The van der Waals surface area contributed by atoms with Crippen molar-refractivity contribution >= 4 is 9.84 Å². The third kappa shape index (κ3) is 8.07. The van der Waals surface area contributed by atoms with Gasteiger partial charge in [0.2, 0.25) is 0 Å². The molecule has 0 aliphatic rings. The van der Waals surface area contributed by atoms with E-state index in [9.17, 15) is 8.42 Å². The molecule has 0 saturated carbocycles. The monoisotopic (exact) mass is 251 g/mol. The van der Waals surface area contributed by atoms with E-state index in [4.69, 9.17) is 5.11 Å². The zero-order chi connectivity index (χ0) is 12.6. The maximum Gasteiger partial charge on any atom is 0.152 e. The van der Waals surface area contributed by atoms with Crippen LogP contribution in [0.3, 0.4) is 0 Å². The van der Waals surface area contributed by atoms with E-state index in [0.717, 1.165) is 13.0 Å². The van der Waals surface area contributed by atoms with Crippen molar-refractivity contribution in [2.45, 2.75) is 39.7 Å². The summed E-state index contributed by atoms with van der Waals surface area (Å²) in [5, 5.41) is 12.0. The maximum absolute atomic E-state index is 11.8. The molecule has 0 bridgehead atoms. The van der Waals surface area contributed by atoms with Crippen LogP contribution in [-0.2, 0) is 9.84 Å². The molecule has 0 amide bonds. The average Bonchev–Trinajstić information content (AvgIpc) is 2.11. The molecular weight excluding hydrogens is 226 g/mol. The van der Waals surface area contributed by atoms with E-state index >= 15 is 0 Å². The molecule has 0 aromatic carbocycles. The first-order valence-corrected chi connectivity index (χ1v) is 7.78. The van der Waals surface area contributed by atoms with E-state index in [1.807, 2.05) is 20.8 Å². The number of aliphatic hydroxyl groups is 1. The Balaban J connectivity index is 4.25. The van der Waals surface area contributed by atoms with Crippen molar-refractivity contribution in [3.8, 4) is 0 Å². The van der Waals surface area contributed by atoms with E-state index < -0.39 is 9.84 Å². The zero-order valence-electron chi connectivity index (χ0n) is 10.6. The van der Waals surface area contributed by atoms with Gasteiger partial charge in [0.15, 0.2) is 9.84 Å². The highest BCUT2D eigenvalue weighted by molar-refractivity contribution is 7.91. The standard InChI is InChI=1S/C11H25NO3S/c1-4-6-12-11(5-7-13)9-16(14,15)8-10(2)3/h10-13H,4-9H2,1-3H3. The Morgan fingerprint density at radius 3 is 2.31 bits per heavy atom. The molecule has 5 heteroatoms. The predicted molar refractivity (Wildman–Crippen MR) is 67.3 cm³/mol. The summed E-state index contributed by atoms with van der Waals surface area (Å²) in [6.45, 7) is 6.65. The van der Waals surface area contributed by atoms with E-state index in [2.05, 4.69) is 5.32 Å². The van der Waals surface area contributed by atoms with Crippen molar-refractivity contribution in [1.82, 2.24) is 5.32 Å². The van der Waals surface area contributed by atoms with Crippen molar-refractivity contribution in [1.29, 1.82) is 0 Å². The molecule has 1 atom stereocenters. The molecule has 0 fully saturated rings. The van der Waals surface area contributed by atoms with Gasteiger partial charge >= 0.3 is 0 Å². The van der Waals surface area contributed by atoms with Crippen molar-refractivity contribution in [2.75, 3.05) is 24.7 Å². The highest BCUT2D eigenvalue weighted by Gasteiger charge is 2.19. The van der Waals surface area contributed by atoms with Crippen LogP contribution in [0.5, 0.6) is 0 Å². The molecule has 0 aliphatic heterocycles. The lowest BCUT2D eigenvalue weighted by molar-refractivity contribution is 0.269. The van der Waals surface area contributed by atoms with Gasteiger partial charge in [-0.25, -0.2) is 8.42 Å². The number of aliphatic hydroxyl groups excluding tert-OH is 1. The summed E-state index contributed by atoms with van der Waals surface area (Å²) in [6, 6.07) is -0.117.